The van der Waals surface area contributed by atoms with Crippen LogP contribution in [0.3, 0.4) is 0 Å². The van der Waals surface area contributed by atoms with Crippen LogP contribution in [0.5, 0.6) is 11.5 Å². The lowest BCUT2D eigenvalue weighted by molar-refractivity contribution is -0.138. The van der Waals surface area contributed by atoms with Gasteiger partial charge in [-0.3, -0.25) is 14.8 Å². The van der Waals surface area contributed by atoms with Crippen molar-refractivity contribution >= 4 is 56.3 Å². The molecule has 0 saturated heterocycles. The van der Waals surface area contributed by atoms with Crippen molar-refractivity contribution in [3.63, 3.8) is 0 Å². The van der Waals surface area contributed by atoms with Crippen molar-refractivity contribution in [3.05, 3.63) is 161 Å². The van der Waals surface area contributed by atoms with Crippen LogP contribution >= 0.6 is 0 Å². The standard InChI is InChI=1S/C15H13FN2O4.C14H9FN2O3.C12H10O.H2/c1-21-13(19)8-12(15(20)22-2)18-11-7-10(16)6-9-4-3-5-17-14(9)11;1-20-14(19)9-6-10(18)11-8(15)5-7-3-2-4-16-12(7)13(11)17-9;1-3-7-11(8-4-1)13-12-9-5-2-6-10-12;/h3-8,18H,1-2H3;2-6H,1H3,(H,17,18);1-10H;1H/b12-8-;;;/i;;;1+1. The predicted octanol–water partition coefficient (Wildman–Crippen LogP) is 7.74. The van der Waals surface area contributed by atoms with E-state index in [0.717, 1.165) is 30.8 Å². The van der Waals surface area contributed by atoms with Crippen molar-refractivity contribution in [2.75, 3.05) is 26.6 Å². The second-order valence-corrected chi connectivity index (χ2v) is 11.2. The molecule has 280 valence electrons. The molecule has 7 aromatic rings. The number of rotatable bonds is 7. The predicted molar refractivity (Wildman–Crippen MR) is 204 cm³/mol. The Bertz CT molecular complexity index is 2530. The number of nitrogens with one attached hydrogen (secondary N) is 2. The van der Waals surface area contributed by atoms with E-state index in [2.05, 4.69) is 34.5 Å². The van der Waals surface area contributed by atoms with Gasteiger partial charge in [-0.2, -0.15) is 0 Å². The number of aromatic nitrogens is 3. The molecule has 0 aliphatic carbocycles. The summed E-state index contributed by atoms with van der Waals surface area (Å²) in [5.41, 5.74) is 0.471. The first-order valence-electron chi connectivity index (χ1n) is 16.3. The van der Waals surface area contributed by atoms with Crippen molar-refractivity contribution < 1.29 is 43.5 Å². The van der Waals surface area contributed by atoms with Gasteiger partial charge in [0, 0.05) is 30.7 Å². The molecule has 0 saturated carbocycles. The van der Waals surface area contributed by atoms with Crippen molar-refractivity contribution in [3.8, 4) is 11.5 Å². The Balaban J connectivity index is 0.000000190. The molecule has 0 spiro atoms. The number of pyridine rings is 3. The fourth-order valence-electron chi connectivity index (χ4n) is 5.09. The third kappa shape index (κ3) is 9.90. The molecule has 3 aromatic heterocycles. The molecule has 0 aliphatic rings. The Morgan fingerprint density at radius 1 is 0.727 bits per heavy atom. The van der Waals surface area contributed by atoms with Crippen LogP contribution in [0.1, 0.15) is 11.9 Å². The van der Waals surface area contributed by atoms with E-state index in [1.807, 2.05) is 60.7 Å². The summed E-state index contributed by atoms with van der Waals surface area (Å²) in [5, 5.41) is 3.63. The van der Waals surface area contributed by atoms with Gasteiger partial charge >= 0.3 is 17.9 Å². The van der Waals surface area contributed by atoms with Gasteiger partial charge in [0.25, 0.3) is 0 Å². The summed E-state index contributed by atoms with van der Waals surface area (Å²) in [5.74, 6) is -1.66. The Labute approximate surface area is 313 Å². The Morgan fingerprint density at radius 3 is 1.91 bits per heavy atom. The third-order valence-electron chi connectivity index (χ3n) is 7.56. The fourth-order valence-corrected chi connectivity index (χ4v) is 5.09. The van der Waals surface area contributed by atoms with E-state index in [1.165, 1.54) is 44.8 Å². The van der Waals surface area contributed by atoms with E-state index in [0.29, 0.717) is 21.8 Å². The Morgan fingerprint density at radius 2 is 1.33 bits per heavy atom. The van der Waals surface area contributed by atoms with Gasteiger partial charge in [0.1, 0.15) is 34.5 Å². The molecule has 0 atom stereocenters. The number of methoxy groups -OCH3 is 3. The number of nitrogens with zero attached hydrogens (tertiary/aromatic N) is 2. The summed E-state index contributed by atoms with van der Waals surface area (Å²) in [4.78, 5) is 57.5. The lowest BCUT2D eigenvalue weighted by atomic mass is 10.1. The van der Waals surface area contributed by atoms with Gasteiger partial charge in [-0.25, -0.2) is 23.2 Å². The van der Waals surface area contributed by atoms with Crippen molar-refractivity contribution in [2.45, 2.75) is 0 Å². The summed E-state index contributed by atoms with van der Waals surface area (Å²) in [6, 6.07) is 30.9. The fraction of sp³-hybridized carbons (Fsp3) is 0.0732. The third-order valence-corrected chi connectivity index (χ3v) is 7.56. The van der Waals surface area contributed by atoms with Gasteiger partial charge in [-0.05, 0) is 54.6 Å². The highest BCUT2D eigenvalue weighted by molar-refractivity contribution is 6.04. The summed E-state index contributed by atoms with van der Waals surface area (Å²) in [6.07, 6.45) is 3.99. The van der Waals surface area contributed by atoms with Crippen molar-refractivity contribution in [1.29, 1.82) is 0 Å². The minimum atomic E-state index is -0.793. The number of benzene rings is 4. The van der Waals surface area contributed by atoms with Crippen LogP contribution in [0.15, 0.2) is 138 Å². The molecule has 12 nitrogen and oxygen atoms in total. The van der Waals surface area contributed by atoms with Crippen LogP contribution in [-0.2, 0) is 23.8 Å². The molecule has 0 unspecified atom stereocenters. The number of aromatic amines is 1. The molecule has 0 bridgehead atoms. The molecule has 55 heavy (non-hydrogen) atoms. The SMILES string of the molecule is COC(=O)/C=C(\Nc1cc(F)cc2cccnc12)C(=O)OC.COC(=O)c1cc(=O)c2c(F)cc3cccnc3c2[nH]1.[2HH].c1ccc(Oc2ccccc2)cc1. The second-order valence-electron chi connectivity index (χ2n) is 11.2. The maximum absolute atomic E-state index is 14.0. The Hall–Kier alpha value is -7.48. The van der Waals surface area contributed by atoms with Crippen LogP contribution in [0.25, 0.3) is 32.7 Å². The second kappa shape index (κ2) is 18.3. The number of halogens is 2. The van der Waals surface area contributed by atoms with Crippen molar-refractivity contribution in [2.24, 2.45) is 0 Å². The maximum atomic E-state index is 14.0. The number of carbonyl (C=O) groups is 3. The lowest BCUT2D eigenvalue weighted by Crippen LogP contribution is -2.16. The van der Waals surface area contributed by atoms with Gasteiger partial charge in [0.2, 0.25) is 0 Å². The molecule has 14 heteroatoms. The lowest BCUT2D eigenvalue weighted by Gasteiger charge is -2.11. The monoisotopic (exact) mass is 749 g/mol. The normalized spacial score (nSPS) is 10.7. The quantitative estimate of drug-likeness (QED) is 0.0711. The zero-order valence-electron chi connectivity index (χ0n) is 29.5. The molecule has 0 fully saturated rings. The molecular weight excluding hydrogens is 714 g/mol. The van der Waals surface area contributed by atoms with Crippen LogP contribution in [0, 0.1) is 11.6 Å². The summed E-state index contributed by atoms with van der Waals surface area (Å²) in [6.45, 7) is 0. The van der Waals surface area contributed by atoms with E-state index in [1.54, 1.807) is 24.3 Å². The van der Waals surface area contributed by atoms with E-state index >= 15 is 0 Å². The number of fused-ring (bicyclic) bond motifs is 4. The topological polar surface area (TPSA) is 159 Å². The van der Waals surface area contributed by atoms with E-state index in [9.17, 15) is 28.0 Å². The maximum Gasteiger partial charge on any atom is 0.354 e. The van der Waals surface area contributed by atoms with Gasteiger partial charge in [0.05, 0.1) is 55.0 Å². The number of esters is 3. The van der Waals surface area contributed by atoms with Gasteiger partial charge in [0.15, 0.2) is 5.43 Å². The molecule has 4 aromatic carbocycles. The molecule has 7 rings (SSSR count). The molecule has 2 N–H and O–H groups in total. The van der Waals surface area contributed by atoms with E-state index in [4.69, 9.17) is 4.74 Å². The zero-order chi connectivity index (χ0) is 39.3. The number of H-pyrrole nitrogens is 1. The highest BCUT2D eigenvalue weighted by atomic mass is 19.1. The molecule has 0 aliphatic heterocycles. The number of hydrogen-bond donors (Lipinski definition) is 2. The average Bonchev–Trinajstić information content (AvgIpc) is 3.21. The van der Waals surface area contributed by atoms with E-state index in [-0.39, 0.29) is 29.4 Å². The van der Waals surface area contributed by atoms with Gasteiger partial charge < -0.3 is 29.2 Å². The number of hydrogen-bond acceptors (Lipinski definition) is 11. The van der Waals surface area contributed by atoms with Crippen LogP contribution in [-0.4, -0.2) is 54.2 Å². The van der Waals surface area contributed by atoms with Gasteiger partial charge in [-0.1, -0.05) is 48.5 Å². The molecular formula is C41H34F2N4O8. The minimum absolute atomic E-state index is 0. The van der Waals surface area contributed by atoms with Crippen LogP contribution in [0.4, 0.5) is 14.5 Å². The first-order valence-corrected chi connectivity index (χ1v) is 16.3. The largest absolute Gasteiger partial charge is 0.466 e. The highest BCUT2D eigenvalue weighted by Crippen LogP contribution is 2.25. The number of ether oxygens (including phenoxy) is 4. The summed E-state index contributed by atoms with van der Waals surface area (Å²) >= 11 is 0. The Kier molecular flexibility index (Phi) is 12.9. The number of anilines is 1. The van der Waals surface area contributed by atoms with E-state index < -0.39 is 35.0 Å². The summed E-state index contributed by atoms with van der Waals surface area (Å²) in [7, 11) is 3.54. The average molecular weight is 750 g/mol. The number of carbonyl (C=O) groups excluding carboxylic acids is 3. The molecule has 0 radical (unpaired) electrons. The molecule has 3 heterocycles. The molecule has 0 amide bonds. The zero-order valence-corrected chi connectivity index (χ0v) is 29.5. The number of para-hydroxylation sites is 2. The van der Waals surface area contributed by atoms with Crippen molar-refractivity contribution in [1.82, 2.24) is 15.0 Å². The smallest absolute Gasteiger partial charge is 0.354 e. The minimum Gasteiger partial charge on any atom is -0.466 e. The first-order chi connectivity index (χ1) is 26.6. The first kappa shape index (κ1) is 38.7. The highest BCUT2D eigenvalue weighted by Gasteiger charge is 2.17. The van der Waals surface area contributed by atoms with Gasteiger partial charge in [-0.15, -0.1) is 0 Å². The van der Waals surface area contributed by atoms with Crippen LogP contribution in [0.2, 0.25) is 0 Å². The summed E-state index contributed by atoms with van der Waals surface area (Å²) < 4.78 is 46.9. The van der Waals surface area contributed by atoms with Crippen LogP contribution < -0.4 is 15.5 Å².